The third kappa shape index (κ3) is 5.10. The van der Waals surface area contributed by atoms with Gasteiger partial charge in [-0.05, 0) is 85.3 Å². The maximum atomic E-state index is 12.3. The van der Waals surface area contributed by atoms with Gasteiger partial charge in [0.15, 0.2) is 5.65 Å². The van der Waals surface area contributed by atoms with Crippen LogP contribution in [0.15, 0.2) is 29.0 Å². The van der Waals surface area contributed by atoms with Crippen LogP contribution < -0.4 is 16.4 Å². The highest BCUT2D eigenvalue weighted by Gasteiger charge is 2.41. The van der Waals surface area contributed by atoms with Gasteiger partial charge in [0.2, 0.25) is 11.9 Å². The summed E-state index contributed by atoms with van der Waals surface area (Å²) in [7, 11) is 1.69. The van der Waals surface area contributed by atoms with Crippen LogP contribution in [-0.4, -0.2) is 55.5 Å². The SMILES string of the molecule is CNC(=O)[C@]1(C)CC[C@@H](Nc2ncc3c(Br)nn(-c4ccc(-c5nnc(C)s5)c(CCCN)c4)c3n2)C1. The number of halogens is 1. The van der Waals surface area contributed by atoms with Gasteiger partial charge in [0.05, 0.1) is 11.1 Å². The number of fused-ring (bicyclic) bond motifs is 1. The van der Waals surface area contributed by atoms with Crippen LogP contribution in [0.3, 0.4) is 0 Å². The number of nitrogens with zero attached hydrogens (tertiary/aromatic N) is 6. The van der Waals surface area contributed by atoms with Crippen LogP contribution in [0.4, 0.5) is 5.95 Å². The molecular weight excluding hydrogens is 554 g/mol. The molecule has 3 heterocycles. The van der Waals surface area contributed by atoms with Crippen molar-refractivity contribution in [2.75, 3.05) is 18.9 Å². The van der Waals surface area contributed by atoms with Crippen LogP contribution in [-0.2, 0) is 11.2 Å². The molecule has 0 radical (unpaired) electrons. The Labute approximate surface area is 227 Å². The number of carbonyl (C=O) groups excluding carboxylic acids is 1. The number of amides is 1. The van der Waals surface area contributed by atoms with E-state index >= 15 is 0 Å². The monoisotopic (exact) mass is 583 g/mol. The quantitative estimate of drug-likeness (QED) is 0.283. The molecule has 1 fully saturated rings. The van der Waals surface area contributed by atoms with E-state index in [0.717, 1.165) is 64.3 Å². The number of rotatable bonds is 8. The van der Waals surface area contributed by atoms with Crippen molar-refractivity contribution in [1.29, 1.82) is 0 Å². The molecule has 0 aliphatic heterocycles. The van der Waals surface area contributed by atoms with E-state index in [9.17, 15) is 4.79 Å². The van der Waals surface area contributed by atoms with E-state index in [-0.39, 0.29) is 17.4 Å². The molecular formula is C25H30BrN9OS. The molecule has 5 rings (SSSR count). The van der Waals surface area contributed by atoms with Crippen molar-refractivity contribution < 1.29 is 4.79 Å². The molecule has 0 unspecified atom stereocenters. The maximum Gasteiger partial charge on any atom is 0.225 e. The first-order valence-corrected chi connectivity index (χ1v) is 14.0. The first-order chi connectivity index (χ1) is 17.8. The average Bonchev–Trinajstić information content (AvgIpc) is 3.59. The molecule has 1 aliphatic rings. The third-order valence-corrected chi connectivity index (χ3v) is 8.43. The van der Waals surface area contributed by atoms with E-state index in [1.165, 1.54) is 0 Å². The van der Waals surface area contributed by atoms with Crippen LogP contribution >= 0.6 is 27.3 Å². The van der Waals surface area contributed by atoms with Crippen LogP contribution in [0, 0.1) is 12.3 Å². The Morgan fingerprint density at radius 2 is 2.19 bits per heavy atom. The Kier molecular flexibility index (Phi) is 7.24. The van der Waals surface area contributed by atoms with E-state index in [1.807, 2.05) is 24.6 Å². The second kappa shape index (κ2) is 10.4. The smallest absolute Gasteiger partial charge is 0.225 e. The molecule has 0 spiro atoms. The molecule has 1 aliphatic carbocycles. The summed E-state index contributed by atoms with van der Waals surface area (Å²) in [6, 6.07) is 6.35. The van der Waals surface area contributed by atoms with Gasteiger partial charge in [0.25, 0.3) is 0 Å². The fourth-order valence-electron chi connectivity index (χ4n) is 5.00. The van der Waals surface area contributed by atoms with Gasteiger partial charge in [-0.25, -0.2) is 9.67 Å². The molecule has 4 N–H and O–H groups in total. The fraction of sp³-hybridized carbons (Fsp3) is 0.440. The second-order valence-electron chi connectivity index (χ2n) is 9.72. The van der Waals surface area contributed by atoms with Gasteiger partial charge in [0.1, 0.15) is 14.6 Å². The number of carbonyl (C=O) groups is 1. The lowest BCUT2D eigenvalue weighted by Gasteiger charge is -2.22. The first kappa shape index (κ1) is 25.7. The van der Waals surface area contributed by atoms with Gasteiger partial charge >= 0.3 is 0 Å². The molecule has 37 heavy (non-hydrogen) atoms. The number of nitrogens with two attached hydrogens (primary N) is 1. The largest absolute Gasteiger partial charge is 0.359 e. The van der Waals surface area contributed by atoms with E-state index in [0.29, 0.717) is 22.7 Å². The van der Waals surface area contributed by atoms with Gasteiger partial charge in [-0.1, -0.05) is 18.3 Å². The zero-order chi connectivity index (χ0) is 26.2. The summed E-state index contributed by atoms with van der Waals surface area (Å²) >= 11 is 5.15. The molecule has 0 bridgehead atoms. The maximum absolute atomic E-state index is 12.3. The van der Waals surface area contributed by atoms with Crippen molar-refractivity contribution in [3.8, 4) is 16.3 Å². The summed E-state index contributed by atoms with van der Waals surface area (Å²) in [4.78, 5) is 21.7. The molecule has 4 aromatic rings. The van der Waals surface area contributed by atoms with Crippen LogP contribution in [0.2, 0.25) is 0 Å². The average molecular weight is 585 g/mol. The molecule has 194 valence electrons. The summed E-state index contributed by atoms with van der Waals surface area (Å²) < 4.78 is 2.51. The van der Waals surface area contributed by atoms with Crippen LogP contribution in [0.25, 0.3) is 27.3 Å². The second-order valence-corrected chi connectivity index (χ2v) is 11.7. The highest BCUT2D eigenvalue weighted by molar-refractivity contribution is 9.10. The van der Waals surface area contributed by atoms with Gasteiger partial charge in [-0.3, -0.25) is 4.79 Å². The van der Waals surface area contributed by atoms with E-state index in [2.05, 4.69) is 53.9 Å². The third-order valence-electron chi connectivity index (χ3n) is 6.97. The zero-order valence-electron chi connectivity index (χ0n) is 21.1. The number of nitrogens with one attached hydrogen (secondary N) is 2. The molecule has 1 aromatic carbocycles. The lowest BCUT2D eigenvalue weighted by atomic mass is 9.87. The van der Waals surface area contributed by atoms with Gasteiger partial charge in [-0.2, -0.15) is 10.1 Å². The summed E-state index contributed by atoms with van der Waals surface area (Å²) in [6.45, 7) is 4.58. The lowest BCUT2D eigenvalue weighted by Crippen LogP contribution is -2.35. The van der Waals surface area contributed by atoms with Crippen molar-refractivity contribution >= 4 is 50.2 Å². The van der Waals surface area contributed by atoms with E-state index in [4.69, 9.17) is 15.8 Å². The lowest BCUT2D eigenvalue weighted by molar-refractivity contribution is -0.129. The predicted molar refractivity (Wildman–Crippen MR) is 149 cm³/mol. The Balaban J connectivity index is 1.48. The van der Waals surface area contributed by atoms with Crippen molar-refractivity contribution in [2.45, 2.75) is 52.0 Å². The molecule has 2 atom stereocenters. The summed E-state index contributed by atoms with van der Waals surface area (Å²) in [6.07, 6.45) is 5.90. The molecule has 12 heteroatoms. The highest BCUT2D eigenvalue weighted by Crippen LogP contribution is 2.39. The number of hydrogen-bond donors (Lipinski definition) is 3. The molecule has 1 amide bonds. The molecule has 1 saturated carbocycles. The number of benzene rings is 1. The van der Waals surface area contributed by atoms with Crippen LogP contribution in [0.1, 0.15) is 43.2 Å². The minimum absolute atomic E-state index is 0.0766. The van der Waals surface area contributed by atoms with Crippen LogP contribution in [0.5, 0.6) is 0 Å². The minimum atomic E-state index is -0.380. The predicted octanol–water partition coefficient (Wildman–Crippen LogP) is 4.01. The molecule has 3 aromatic heterocycles. The summed E-state index contributed by atoms with van der Waals surface area (Å²) in [5, 5.41) is 22.1. The molecule has 0 saturated heterocycles. The van der Waals surface area contributed by atoms with Gasteiger partial charge in [0, 0.05) is 30.3 Å². The summed E-state index contributed by atoms with van der Waals surface area (Å²) in [5.41, 5.74) is 9.24. The number of hydrogen-bond acceptors (Lipinski definition) is 9. The van der Waals surface area contributed by atoms with Crippen molar-refractivity contribution in [2.24, 2.45) is 11.1 Å². The van der Waals surface area contributed by atoms with Gasteiger partial charge < -0.3 is 16.4 Å². The molecule has 10 nitrogen and oxygen atoms in total. The van der Waals surface area contributed by atoms with Gasteiger partial charge in [-0.15, -0.1) is 10.2 Å². The normalized spacial score (nSPS) is 19.4. The Bertz CT molecular complexity index is 1450. The summed E-state index contributed by atoms with van der Waals surface area (Å²) in [5.74, 6) is 0.601. The standard InChI is InChI=1S/C25H30BrN9OS/c1-14-32-33-22(37-14)18-7-6-17(11-15(18)5-4-10-27)35-21-19(20(26)34-35)13-29-24(31-21)30-16-8-9-25(2,12-16)23(36)28-3/h6-7,11,13,16H,4-5,8-10,12,27H2,1-3H3,(H,28,36)(H,29,30,31)/t16-,25-/m1/s1. The van der Waals surface area contributed by atoms with E-state index < -0.39 is 0 Å². The zero-order valence-corrected chi connectivity index (χ0v) is 23.5. The van der Waals surface area contributed by atoms with Crippen molar-refractivity contribution in [3.05, 3.63) is 39.6 Å². The topological polar surface area (TPSA) is 137 Å². The fourth-order valence-corrected chi connectivity index (χ4v) is 6.19. The minimum Gasteiger partial charge on any atom is -0.359 e. The number of anilines is 1. The Hall–Kier alpha value is -2.96. The van der Waals surface area contributed by atoms with Crippen molar-refractivity contribution in [1.82, 2.24) is 35.3 Å². The van der Waals surface area contributed by atoms with E-state index in [1.54, 1.807) is 24.6 Å². The van der Waals surface area contributed by atoms with Crippen molar-refractivity contribution in [3.63, 3.8) is 0 Å². The Morgan fingerprint density at radius 3 is 2.92 bits per heavy atom. The first-order valence-electron chi connectivity index (χ1n) is 12.3. The number of aryl methyl sites for hydroxylation is 2. The number of aromatic nitrogens is 6. The highest BCUT2D eigenvalue weighted by atomic mass is 79.9. The Morgan fingerprint density at radius 1 is 1.35 bits per heavy atom.